The molecule has 2 aromatic rings. The molecule has 0 aliphatic heterocycles. The number of hydrazine groups is 1. The summed E-state index contributed by atoms with van der Waals surface area (Å²) in [5.74, 6) is 6.28. The fraction of sp³-hybridized carbons (Fsp3) is 0.300. The topological polar surface area (TPSA) is 86.0 Å². The van der Waals surface area contributed by atoms with Crippen molar-refractivity contribution in [2.45, 2.75) is 13.0 Å². The average molecular weight is 251 g/mol. The van der Waals surface area contributed by atoms with Gasteiger partial charge in [0.1, 0.15) is 5.75 Å². The van der Waals surface area contributed by atoms with Crippen LogP contribution in [0.2, 0.25) is 0 Å². The van der Waals surface area contributed by atoms with Gasteiger partial charge < -0.3 is 4.74 Å². The molecule has 6 nitrogen and oxygen atoms in total. The fourth-order valence-electron chi connectivity index (χ4n) is 1.53. The molecule has 1 atom stereocenters. The maximum atomic E-state index is 5.59. The quantitative estimate of drug-likeness (QED) is 0.617. The molecular weight excluding hydrogens is 238 g/mol. The molecule has 0 saturated heterocycles. The lowest BCUT2D eigenvalue weighted by molar-refractivity contribution is 0.411. The summed E-state index contributed by atoms with van der Waals surface area (Å²) in [5.41, 5.74) is 4.53. The molecule has 0 spiro atoms. The molecule has 0 aliphatic rings. The van der Waals surface area contributed by atoms with Gasteiger partial charge in [0.25, 0.3) is 0 Å². The monoisotopic (exact) mass is 251 g/mol. The Balaban J connectivity index is 2.38. The van der Waals surface area contributed by atoms with E-state index in [9.17, 15) is 0 Å². The third-order valence-corrected chi connectivity index (χ3v) is 3.31. The van der Waals surface area contributed by atoms with Gasteiger partial charge in [0.05, 0.1) is 29.9 Å². The molecule has 0 aliphatic carbocycles. The molecule has 0 amide bonds. The van der Waals surface area contributed by atoms with Crippen molar-refractivity contribution in [1.82, 2.24) is 20.0 Å². The molecule has 2 aromatic heterocycles. The van der Waals surface area contributed by atoms with Gasteiger partial charge in [-0.25, -0.2) is 5.43 Å². The summed E-state index contributed by atoms with van der Waals surface area (Å²) in [7, 11) is 1.60. The Morgan fingerprint density at radius 3 is 2.88 bits per heavy atom. The first-order valence-electron chi connectivity index (χ1n) is 5.00. The van der Waals surface area contributed by atoms with Gasteiger partial charge in [-0.2, -0.15) is 0 Å². The van der Waals surface area contributed by atoms with Gasteiger partial charge in [-0.15, -0.1) is 5.10 Å². The highest BCUT2D eigenvalue weighted by molar-refractivity contribution is 7.05. The first kappa shape index (κ1) is 11.9. The molecule has 2 heterocycles. The lowest BCUT2D eigenvalue weighted by Gasteiger charge is -2.14. The molecule has 3 N–H and O–H groups in total. The third-order valence-electron chi connectivity index (χ3n) is 2.42. The summed E-state index contributed by atoms with van der Waals surface area (Å²) in [6, 6.07) is 1.72. The lowest BCUT2D eigenvalue weighted by Crippen LogP contribution is -2.28. The van der Waals surface area contributed by atoms with Crippen LogP contribution in [0, 0.1) is 6.92 Å². The van der Waals surface area contributed by atoms with Crippen LogP contribution in [0.3, 0.4) is 0 Å². The molecule has 0 bridgehead atoms. The molecular formula is C10H13N5OS. The van der Waals surface area contributed by atoms with Crippen LogP contribution in [0.5, 0.6) is 5.75 Å². The molecule has 7 heteroatoms. The number of ether oxygens (including phenoxy) is 1. The van der Waals surface area contributed by atoms with Crippen LogP contribution in [0.15, 0.2) is 18.5 Å². The van der Waals surface area contributed by atoms with Gasteiger partial charge in [-0.1, -0.05) is 4.49 Å². The Morgan fingerprint density at radius 2 is 2.29 bits per heavy atom. The van der Waals surface area contributed by atoms with Gasteiger partial charge in [0.15, 0.2) is 0 Å². The third kappa shape index (κ3) is 2.41. The van der Waals surface area contributed by atoms with Crippen LogP contribution < -0.4 is 16.0 Å². The number of nitrogens with zero attached hydrogens (tertiary/aromatic N) is 3. The highest BCUT2D eigenvalue weighted by Gasteiger charge is 2.18. The largest absolute Gasteiger partial charge is 0.495 e. The number of pyridine rings is 1. The van der Waals surface area contributed by atoms with Crippen LogP contribution in [0.4, 0.5) is 0 Å². The number of nitrogens with one attached hydrogen (secondary N) is 1. The Labute approximate surface area is 103 Å². The maximum Gasteiger partial charge on any atom is 0.137 e. The SMILES string of the molecule is COc1cncc(C(NN)c2snnc2C)c1. The van der Waals surface area contributed by atoms with E-state index in [1.807, 2.05) is 13.0 Å². The second kappa shape index (κ2) is 5.17. The Kier molecular flexibility index (Phi) is 3.62. The Hall–Kier alpha value is -1.57. The van der Waals surface area contributed by atoms with E-state index in [1.54, 1.807) is 19.5 Å². The van der Waals surface area contributed by atoms with Crippen molar-refractivity contribution in [1.29, 1.82) is 0 Å². The zero-order chi connectivity index (χ0) is 12.3. The van der Waals surface area contributed by atoms with Crippen LogP contribution in [-0.4, -0.2) is 21.7 Å². The minimum Gasteiger partial charge on any atom is -0.495 e. The van der Waals surface area contributed by atoms with E-state index in [0.29, 0.717) is 5.75 Å². The lowest BCUT2D eigenvalue weighted by atomic mass is 10.1. The van der Waals surface area contributed by atoms with Gasteiger partial charge in [0, 0.05) is 6.20 Å². The van der Waals surface area contributed by atoms with Gasteiger partial charge >= 0.3 is 0 Å². The standard InChI is InChI=1S/C10H13N5OS/c1-6-10(17-15-14-6)9(13-11)7-3-8(16-2)5-12-4-7/h3-5,9,13H,11H2,1-2H3. The number of rotatable bonds is 4. The highest BCUT2D eigenvalue weighted by atomic mass is 32.1. The van der Waals surface area contributed by atoms with Crippen LogP contribution in [-0.2, 0) is 0 Å². The van der Waals surface area contributed by atoms with Crippen molar-refractivity contribution in [3.05, 3.63) is 34.6 Å². The van der Waals surface area contributed by atoms with Crippen molar-refractivity contribution < 1.29 is 4.74 Å². The molecule has 90 valence electrons. The van der Waals surface area contributed by atoms with E-state index in [1.165, 1.54) is 11.5 Å². The second-order valence-electron chi connectivity index (χ2n) is 3.48. The number of nitrogens with two attached hydrogens (primary N) is 1. The summed E-state index contributed by atoms with van der Waals surface area (Å²) in [5, 5.41) is 3.97. The van der Waals surface area contributed by atoms with E-state index in [-0.39, 0.29) is 6.04 Å². The van der Waals surface area contributed by atoms with E-state index < -0.39 is 0 Å². The van der Waals surface area contributed by atoms with Crippen LogP contribution in [0.1, 0.15) is 22.2 Å². The van der Waals surface area contributed by atoms with Crippen molar-refractivity contribution in [3.63, 3.8) is 0 Å². The van der Waals surface area contributed by atoms with E-state index in [4.69, 9.17) is 10.6 Å². The first-order chi connectivity index (χ1) is 8.26. The van der Waals surface area contributed by atoms with Gasteiger partial charge in [-0.05, 0) is 30.1 Å². The van der Waals surface area contributed by atoms with Crippen molar-refractivity contribution in [2.75, 3.05) is 7.11 Å². The van der Waals surface area contributed by atoms with Crippen molar-refractivity contribution in [3.8, 4) is 5.75 Å². The van der Waals surface area contributed by atoms with E-state index >= 15 is 0 Å². The molecule has 17 heavy (non-hydrogen) atoms. The van der Waals surface area contributed by atoms with E-state index in [2.05, 4.69) is 20.0 Å². The first-order valence-corrected chi connectivity index (χ1v) is 5.77. The van der Waals surface area contributed by atoms with Crippen LogP contribution in [0.25, 0.3) is 0 Å². The molecule has 2 rings (SSSR count). The highest BCUT2D eigenvalue weighted by Crippen LogP contribution is 2.27. The zero-order valence-electron chi connectivity index (χ0n) is 9.54. The predicted molar refractivity (Wildman–Crippen MR) is 64.6 cm³/mol. The number of aryl methyl sites for hydroxylation is 1. The number of aromatic nitrogens is 3. The van der Waals surface area contributed by atoms with Gasteiger partial charge in [0.2, 0.25) is 0 Å². The minimum absolute atomic E-state index is 0.169. The number of hydrogen-bond donors (Lipinski definition) is 2. The summed E-state index contributed by atoms with van der Waals surface area (Å²) in [4.78, 5) is 5.08. The summed E-state index contributed by atoms with van der Waals surface area (Å²) in [6.07, 6.45) is 3.39. The molecule has 0 radical (unpaired) electrons. The Bertz CT molecular complexity index is 501. The summed E-state index contributed by atoms with van der Waals surface area (Å²) >= 11 is 1.32. The Morgan fingerprint density at radius 1 is 1.47 bits per heavy atom. The molecule has 0 saturated carbocycles. The molecule has 0 aromatic carbocycles. The molecule has 1 unspecified atom stereocenters. The summed E-state index contributed by atoms with van der Waals surface area (Å²) in [6.45, 7) is 1.90. The molecule has 0 fully saturated rings. The predicted octanol–water partition coefficient (Wildman–Crippen LogP) is 0.803. The van der Waals surface area contributed by atoms with E-state index in [0.717, 1.165) is 16.1 Å². The van der Waals surface area contributed by atoms with Crippen molar-refractivity contribution >= 4 is 11.5 Å². The summed E-state index contributed by atoms with van der Waals surface area (Å²) < 4.78 is 9.04. The van der Waals surface area contributed by atoms with Crippen molar-refractivity contribution in [2.24, 2.45) is 5.84 Å². The van der Waals surface area contributed by atoms with Gasteiger partial charge in [-0.3, -0.25) is 10.8 Å². The van der Waals surface area contributed by atoms with Crippen LogP contribution >= 0.6 is 11.5 Å². The number of methoxy groups -OCH3 is 1. The number of hydrogen-bond acceptors (Lipinski definition) is 7. The smallest absolute Gasteiger partial charge is 0.137 e. The zero-order valence-corrected chi connectivity index (χ0v) is 10.4. The average Bonchev–Trinajstić information content (AvgIpc) is 2.77. The minimum atomic E-state index is -0.169. The fourth-order valence-corrected chi connectivity index (χ4v) is 2.26. The maximum absolute atomic E-state index is 5.59. The normalized spacial score (nSPS) is 12.4. The second-order valence-corrected chi connectivity index (χ2v) is 4.27.